The highest BCUT2D eigenvalue weighted by atomic mass is 16.3. The van der Waals surface area contributed by atoms with Gasteiger partial charge in [-0.2, -0.15) is 0 Å². The quantitative estimate of drug-likeness (QED) is 0.172. The van der Waals surface area contributed by atoms with Crippen LogP contribution in [0.2, 0.25) is 0 Å². The molecular weight excluding hydrogens is 685 g/mol. The second-order valence-corrected chi connectivity index (χ2v) is 14.0. The van der Waals surface area contributed by atoms with Crippen LogP contribution in [-0.2, 0) is 0 Å². The first kappa shape index (κ1) is 31.9. The van der Waals surface area contributed by atoms with Crippen molar-refractivity contribution in [1.82, 2.24) is 19.5 Å². The van der Waals surface area contributed by atoms with Crippen molar-refractivity contribution in [3.05, 3.63) is 194 Å². The van der Waals surface area contributed by atoms with Gasteiger partial charge < -0.3 is 8.98 Å². The van der Waals surface area contributed by atoms with Crippen molar-refractivity contribution >= 4 is 43.7 Å². The molecule has 0 saturated heterocycles. The fourth-order valence-corrected chi connectivity index (χ4v) is 7.98. The van der Waals surface area contributed by atoms with Gasteiger partial charge in [0.2, 0.25) is 0 Å². The minimum atomic E-state index is 0.592. The molecule has 0 saturated carbocycles. The molecule has 0 amide bonds. The predicted octanol–water partition coefficient (Wildman–Crippen LogP) is 13.2. The van der Waals surface area contributed by atoms with Crippen LogP contribution in [0, 0.1) is 0 Å². The summed E-state index contributed by atoms with van der Waals surface area (Å²) in [4.78, 5) is 15.4. The molecule has 8 aromatic carbocycles. The average Bonchev–Trinajstić information content (AvgIpc) is 3.83. The van der Waals surface area contributed by atoms with Crippen LogP contribution in [-0.4, -0.2) is 19.5 Å². The normalized spacial score (nSPS) is 11.6. The van der Waals surface area contributed by atoms with Gasteiger partial charge >= 0.3 is 0 Å². The van der Waals surface area contributed by atoms with Gasteiger partial charge in [-0.3, -0.25) is 0 Å². The van der Waals surface area contributed by atoms with Crippen molar-refractivity contribution in [3.8, 4) is 62.1 Å². The van der Waals surface area contributed by atoms with Crippen LogP contribution >= 0.6 is 0 Å². The molecular formula is C51H32N4O. The summed E-state index contributed by atoms with van der Waals surface area (Å²) in [7, 11) is 0. The summed E-state index contributed by atoms with van der Waals surface area (Å²) in [5.41, 5.74) is 12.2. The van der Waals surface area contributed by atoms with E-state index in [0.717, 1.165) is 77.6 Å². The van der Waals surface area contributed by atoms with E-state index in [2.05, 4.69) is 180 Å². The highest BCUT2D eigenvalue weighted by molar-refractivity contribution is 6.24. The van der Waals surface area contributed by atoms with Gasteiger partial charge in [0.25, 0.3) is 0 Å². The Labute approximate surface area is 322 Å². The Morgan fingerprint density at radius 3 is 1.59 bits per heavy atom. The largest absolute Gasteiger partial charge is 0.456 e. The summed E-state index contributed by atoms with van der Waals surface area (Å²) < 4.78 is 8.91. The minimum absolute atomic E-state index is 0.592. The molecule has 0 aliphatic rings. The third-order valence-corrected chi connectivity index (χ3v) is 10.7. The van der Waals surface area contributed by atoms with Crippen molar-refractivity contribution < 1.29 is 4.42 Å². The summed E-state index contributed by atoms with van der Waals surface area (Å²) in [5.74, 6) is 1.81. The Morgan fingerprint density at radius 1 is 0.339 bits per heavy atom. The van der Waals surface area contributed by atoms with E-state index in [0.29, 0.717) is 17.5 Å². The van der Waals surface area contributed by atoms with Crippen molar-refractivity contribution in [1.29, 1.82) is 0 Å². The molecule has 5 heteroatoms. The third-order valence-electron chi connectivity index (χ3n) is 10.7. The summed E-state index contributed by atoms with van der Waals surface area (Å²) in [6.07, 6.45) is 0. The lowest BCUT2D eigenvalue weighted by Gasteiger charge is -2.10. The Morgan fingerprint density at radius 2 is 0.857 bits per heavy atom. The lowest BCUT2D eigenvalue weighted by molar-refractivity contribution is 0.669. The summed E-state index contributed by atoms with van der Waals surface area (Å²) in [5, 5.41) is 4.43. The van der Waals surface area contributed by atoms with E-state index in [1.165, 1.54) is 10.8 Å². The zero-order chi connectivity index (χ0) is 37.0. The van der Waals surface area contributed by atoms with Crippen LogP contribution in [0.25, 0.3) is 106 Å². The van der Waals surface area contributed by atoms with Gasteiger partial charge in [0.1, 0.15) is 11.2 Å². The van der Waals surface area contributed by atoms with Gasteiger partial charge in [0.15, 0.2) is 17.5 Å². The molecule has 0 atom stereocenters. The number of hydrogen-bond acceptors (Lipinski definition) is 4. The number of nitrogens with zero attached hydrogens (tertiary/aromatic N) is 4. The molecule has 0 fully saturated rings. The first-order chi connectivity index (χ1) is 27.7. The van der Waals surface area contributed by atoms with E-state index in [1.807, 2.05) is 18.2 Å². The van der Waals surface area contributed by atoms with E-state index in [9.17, 15) is 0 Å². The maximum absolute atomic E-state index is 6.56. The zero-order valence-electron chi connectivity index (χ0n) is 30.2. The molecule has 0 aliphatic heterocycles. The number of furan rings is 1. The van der Waals surface area contributed by atoms with Crippen LogP contribution in [0.15, 0.2) is 199 Å². The van der Waals surface area contributed by atoms with E-state index in [1.54, 1.807) is 0 Å². The van der Waals surface area contributed by atoms with Crippen LogP contribution in [0.3, 0.4) is 0 Å². The second kappa shape index (κ2) is 13.0. The Hall–Kier alpha value is -7.63. The molecule has 56 heavy (non-hydrogen) atoms. The monoisotopic (exact) mass is 716 g/mol. The SMILES string of the molecule is c1ccc(-c2ccc(-c3nc(-c4cccc(-c5ccccc5)c4)nc(-c4ccc5oc6ccc7c8ccccc8n(-c8ccccc8)c7c6c5c4)n3)cc2)cc1. The number of hydrogen-bond donors (Lipinski definition) is 0. The molecule has 0 spiro atoms. The predicted molar refractivity (Wildman–Crippen MR) is 229 cm³/mol. The fourth-order valence-electron chi connectivity index (χ4n) is 7.98. The van der Waals surface area contributed by atoms with Crippen LogP contribution in [0.4, 0.5) is 0 Å². The van der Waals surface area contributed by atoms with Gasteiger partial charge in [0, 0.05) is 38.5 Å². The van der Waals surface area contributed by atoms with Gasteiger partial charge in [0.05, 0.1) is 16.4 Å². The van der Waals surface area contributed by atoms with Crippen molar-refractivity contribution in [2.24, 2.45) is 0 Å². The highest BCUT2D eigenvalue weighted by Gasteiger charge is 2.20. The number of rotatable bonds is 6. The summed E-state index contributed by atoms with van der Waals surface area (Å²) >= 11 is 0. The maximum atomic E-state index is 6.56. The second-order valence-electron chi connectivity index (χ2n) is 14.0. The fraction of sp³-hybridized carbons (Fsp3) is 0. The molecule has 11 rings (SSSR count). The number of aromatic nitrogens is 4. The molecule has 0 N–H and O–H groups in total. The number of fused-ring (bicyclic) bond motifs is 7. The van der Waals surface area contributed by atoms with Gasteiger partial charge in [-0.25, -0.2) is 15.0 Å². The van der Waals surface area contributed by atoms with Crippen LogP contribution in [0.5, 0.6) is 0 Å². The Bertz CT molecular complexity index is 3220. The zero-order valence-corrected chi connectivity index (χ0v) is 30.2. The van der Waals surface area contributed by atoms with Crippen molar-refractivity contribution in [2.45, 2.75) is 0 Å². The van der Waals surface area contributed by atoms with E-state index in [-0.39, 0.29) is 0 Å². The van der Waals surface area contributed by atoms with Crippen LogP contribution in [0.1, 0.15) is 0 Å². The maximum Gasteiger partial charge on any atom is 0.164 e. The molecule has 0 bridgehead atoms. The van der Waals surface area contributed by atoms with E-state index >= 15 is 0 Å². The molecule has 0 aliphatic carbocycles. The lowest BCUT2D eigenvalue weighted by Crippen LogP contribution is -2.00. The highest BCUT2D eigenvalue weighted by Crippen LogP contribution is 2.42. The van der Waals surface area contributed by atoms with Gasteiger partial charge in [-0.05, 0) is 76.9 Å². The Kier molecular flexibility index (Phi) is 7.42. The molecule has 11 aromatic rings. The molecule has 5 nitrogen and oxygen atoms in total. The van der Waals surface area contributed by atoms with Crippen LogP contribution < -0.4 is 0 Å². The lowest BCUT2D eigenvalue weighted by atomic mass is 10.0. The number of benzene rings is 8. The Balaban J connectivity index is 1.12. The molecule has 3 heterocycles. The molecule has 0 unspecified atom stereocenters. The smallest absolute Gasteiger partial charge is 0.164 e. The number of para-hydroxylation sites is 2. The topological polar surface area (TPSA) is 56.7 Å². The molecule has 0 radical (unpaired) electrons. The average molecular weight is 717 g/mol. The van der Waals surface area contributed by atoms with E-state index < -0.39 is 0 Å². The first-order valence-electron chi connectivity index (χ1n) is 18.8. The van der Waals surface area contributed by atoms with Crippen molar-refractivity contribution in [3.63, 3.8) is 0 Å². The standard InChI is InChI=1S/C51H32N4O/c1-4-13-33(14-5-1)35-23-25-36(26-24-35)49-52-50(38-18-12-17-37(31-38)34-15-6-2-7-16-34)54-51(53-49)39-27-29-45-43(32-39)47-46(56-45)30-28-42-41-21-10-11-22-44(41)55(48(42)47)40-19-8-3-9-20-40/h1-32H. The molecule has 262 valence electrons. The van der Waals surface area contributed by atoms with Gasteiger partial charge in [-0.1, -0.05) is 140 Å². The summed E-state index contributed by atoms with van der Waals surface area (Å²) in [6, 6.07) is 67.3. The van der Waals surface area contributed by atoms with E-state index in [4.69, 9.17) is 19.4 Å². The van der Waals surface area contributed by atoms with Gasteiger partial charge in [-0.15, -0.1) is 0 Å². The van der Waals surface area contributed by atoms with Crippen molar-refractivity contribution in [2.75, 3.05) is 0 Å². The summed E-state index contributed by atoms with van der Waals surface area (Å²) in [6.45, 7) is 0. The first-order valence-corrected chi connectivity index (χ1v) is 18.8. The third kappa shape index (κ3) is 5.37. The molecule has 3 aromatic heterocycles. The minimum Gasteiger partial charge on any atom is -0.456 e.